The summed E-state index contributed by atoms with van der Waals surface area (Å²) in [7, 11) is 0. The lowest BCUT2D eigenvalue weighted by molar-refractivity contribution is 0.407. The third-order valence-electron chi connectivity index (χ3n) is 3.04. The molecule has 0 aliphatic carbocycles. The Labute approximate surface area is 137 Å². The molecule has 0 atom stereocenters. The van der Waals surface area contributed by atoms with E-state index in [0.717, 1.165) is 12.3 Å². The van der Waals surface area contributed by atoms with Crippen molar-refractivity contribution in [1.82, 2.24) is 9.97 Å². The number of H-pyrrole nitrogens is 1. The summed E-state index contributed by atoms with van der Waals surface area (Å²) >= 11 is 0. The zero-order valence-electron chi connectivity index (χ0n) is 14.4. The molecular formula is C20H34N2. The van der Waals surface area contributed by atoms with Crippen molar-refractivity contribution in [3.05, 3.63) is 53.6 Å². The van der Waals surface area contributed by atoms with Crippen LogP contribution in [0.2, 0.25) is 0 Å². The van der Waals surface area contributed by atoms with E-state index in [-0.39, 0.29) is 7.43 Å². The number of imidazole rings is 1. The van der Waals surface area contributed by atoms with Crippen molar-refractivity contribution in [2.45, 2.75) is 61.8 Å². The van der Waals surface area contributed by atoms with E-state index in [4.69, 9.17) is 0 Å². The van der Waals surface area contributed by atoms with Gasteiger partial charge in [-0.25, -0.2) is 4.98 Å². The van der Waals surface area contributed by atoms with Gasteiger partial charge in [-0.15, -0.1) is 0 Å². The highest BCUT2D eigenvalue weighted by Crippen LogP contribution is 2.18. The van der Waals surface area contributed by atoms with Crippen molar-refractivity contribution in [3.8, 4) is 0 Å². The van der Waals surface area contributed by atoms with Gasteiger partial charge in [0.25, 0.3) is 0 Å². The first-order chi connectivity index (χ1) is 9.76. The number of benzene rings is 1. The molecule has 2 rings (SSSR count). The molecule has 2 heteroatoms. The minimum atomic E-state index is 0. The number of hydrogen-bond acceptors (Lipinski definition) is 1. The average molecular weight is 303 g/mol. The van der Waals surface area contributed by atoms with Crippen LogP contribution in [-0.2, 0) is 12.8 Å². The summed E-state index contributed by atoms with van der Waals surface area (Å²) in [4.78, 5) is 7.03. The Morgan fingerprint density at radius 2 is 1.68 bits per heavy atom. The van der Waals surface area contributed by atoms with Crippen molar-refractivity contribution < 1.29 is 0 Å². The van der Waals surface area contributed by atoms with E-state index < -0.39 is 0 Å². The van der Waals surface area contributed by atoms with E-state index in [1.54, 1.807) is 6.33 Å². The van der Waals surface area contributed by atoms with Crippen LogP contribution in [0.3, 0.4) is 0 Å². The van der Waals surface area contributed by atoms with Crippen LogP contribution in [0.5, 0.6) is 0 Å². The number of aryl methyl sites for hydroxylation is 1. The third-order valence-corrected chi connectivity index (χ3v) is 3.04. The average Bonchev–Trinajstić information content (AvgIpc) is 2.83. The Bertz CT molecular complexity index is 488. The minimum Gasteiger partial charge on any atom is -0.348 e. The van der Waals surface area contributed by atoms with E-state index in [1.165, 1.54) is 23.2 Å². The molecule has 1 heterocycles. The molecule has 2 aromatic rings. The summed E-state index contributed by atoms with van der Waals surface area (Å²) in [6.07, 6.45) is 5.86. The summed E-state index contributed by atoms with van der Waals surface area (Å²) in [6, 6.07) is 8.79. The number of aromatic amines is 1. The van der Waals surface area contributed by atoms with Crippen LogP contribution in [0.4, 0.5) is 0 Å². The molecule has 0 bridgehead atoms. The first-order valence-electron chi connectivity index (χ1n) is 7.79. The standard InChI is InChI=1S/C11H16.C8H14N2.CH4/c1-9(2)8-11-6-4-10(3)5-7-11;1-8(2,3)4-7-5-9-6-10-7;/h4-7,9H,8H2,1-3H3;5-6H,4H2,1-3H3,(H,9,10);1H4. The molecular weight excluding hydrogens is 268 g/mol. The molecule has 0 saturated heterocycles. The van der Waals surface area contributed by atoms with Crippen LogP contribution in [-0.4, -0.2) is 9.97 Å². The molecule has 0 amide bonds. The molecule has 124 valence electrons. The molecule has 0 aliphatic heterocycles. The molecule has 0 spiro atoms. The molecule has 1 N–H and O–H groups in total. The van der Waals surface area contributed by atoms with Gasteiger partial charge in [0, 0.05) is 11.9 Å². The predicted molar refractivity (Wildman–Crippen MR) is 98.2 cm³/mol. The monoisotopic (exact) mass is 302 g/mol. The quantitative estimate of drug-likeness (QED) is 0.759. The van der Waals surface area contributed by atoms with Crippen LogP contribution in [0, 0.1) is 18.3 Å². The topological polar surface area (TPSA) is 28.7 Å². The first-order valence-corrected chi connectivity index (χ1v) is 7.79. The van der Waals surface area contributed by atoms with Gasteiger partial charge >= 0.3 is 0 Å². The summed E-state index contributed by atoms with van der Waals surface area (Å²) < 4.78 is 0. The maximum atomic E-state index is 3.95. The Hall–Kier alpha value is -1.57. The van der Waals surface area contributed by atoms with Crippen molar-refractivity contribution in [2.24, 2.45) is 11.3 Å². The lowest BCUT2D eigenvalue weighted by Crippen LogP contribution is -2.09. The van der Waals surface area contributed by atoms with Crippen LogP contribution in [0.25, 0.3) is 0 Å². The maximum Gasteiger partial charge on any atom is 0.0921 e. The molecule has 0 unspecified atom stereocenters. The molecule has 1 aromatic carbocycles. The van der Waals surface area contributed by atoms with Gasteiger partial charge in [-0.3, -0.25) is 0 Å². The van der Waals surface area contributed by atoms with Crippen molar-refractivity contribution in [2.75, 3.05) is 0 Å². The third kappa shape index (κ3) is 9.38. The van der Waals surface area contributed by atoms with Crippen molar-refractivity contribution in [3.63, 3.8) is 0 Å². The maximum absolute atomic E-state index is 3.95. The molecule has 22 heavy (non-hydrogen) atoms. The SMILES string of the molecule is C.CC(C)(C)Cc1cnc[nH]1.Cc1ccc(CC(C)C)cc1. The molecule has 2 nitrogen and oxygen atoms in total. The zero-order chi connectivity index (χ0) is 15.9. The summed E-state index contributed by atoms with van der Waals surface area (Å²) in [5, 5.41) is 0. The van der Waals surface area contributed by atoms with Crippen LogP contribution in [0.15, 0.2) is 36.8 Å². The largest absolute Gasteiger partial charge is 0.348 e. The second-order valence-electron chi connectivity index (χ2n) is 7.40. The fourth-order valence-corrected chi connectivity index (χ4v) is 2.15. The lowest BCUT2D eigenvalue weighted by atomic mass is 9.91. The van der Waals surface area contributed by atoms with Gasteiger partial charge in [0.1, 0.15) is 0 Å². The highest BCUT2D eigenvalue weighted by Gasteiger charge is 2.11. The fraction of sp³-hybridized carbons (Fsp3) is 0.550. The van der Waals surface area contributed by atoms with Gasteiger partial charge in [0.05, 0.1) is 6.33 Å². The number of rotatable bonds is 3. The van der Waals surface area contributed by atoms with E-state index in [0.29, 0.717) is 5.41 Å². The Morgan fingerprint density at radius 3 is 2.09 bits per heavy atom. The number of nitrogens with zero attached hydrogens (tertiary/aromatic N) is 1. The number of nitrogens with one attached hydrogen (secondary N) is 1. The van der Waals surface area contributed by atoms with Crippen molar-refractivity contribution in [1.29, 1.82) is 0 Å². The fourth-order valence-electron chi connectivity index (χ4n) is 2.15. The second-order valence-corrected chi connectivity index (χ2v) is 7.40. The van der Waals surface area contributed by atoms with Crippen LogP contribution < -0.4 is 0 Å². The molecule has 0 saturated carbocycles. The molecule has 0 fully saturated rings. The van der Waals surface area contributed by atoms with Crippen molar-refractivity contribution >= 4 is 0 Å². The van der Waals surface area contributed by atoms with E-state index >= 15 is 0 Å². The normalized spacial score (nSPS) is 10.7. The second kappa shape index (κ2) is 9.45. The Morgan fingerprint density at radius 1 is 1.09 bits per heavy atom. The minimum absolute atomic E-state index is 0. The highest BCUT2D eigenvalue weighted by atomic mass is 14.9. The van der Waals surface area contributed by atoms with E-state index in [9.17, 15) is 0 Å². The van der Waals surface area contributed by atoms with Gasteiger partial charge in [-0.1, -0.05) is 71.9 Å². The van der Waals surface area contributed by atoms with Crippen LogP contribution in [0.1, 0.15) is 58.9 Å². The summed E-state index contributed by atoms with van der Waals surface area (Å²) in [5.74, 6) is 0.762. The van der Waals surface area contributed by atoms with Gasteiger partial charge in [-0.05, 0) is 36.7 Å². The molecule has 0 radical (unpaired) electrons. The van der Waals surface area contributed by atoms with Gasteiger partial charge < -0.3 is 4.98 Å². The van der Waals surface area contributed by atoms with Crippen LogP contribution >= 0.6 is 0 Å². The first kappa shape index (κ1) is 20.4. The smallest absolute Gasteiger partial charge is 0.0921 e. The van der Waals surface area contributed by atoms with E-state index in [2.05, 4.69) is 75.8 Å². The summed E-state index contributed by atoms with van der Waals surface area (Å²) in [5.41, 5.74) is 4.36. The molecule has 1 aromatic heterocycles. The Kier molecular flexibility index (Phi) is 8.77. The van der Waals surface area contributed by atoms with E-state index in [1.807, 2.05) is 6.20 Å². The zero-order valence-corrected chi connectivity index (χ0v) is 14.4. The Balaban J connectivity index is 0.000000385. The molecule has 0 aliphatic rings. The van der Waals surface area contributed by atoms with Gasteiger partial charge in [0.15, 0.2) is 0 Å². The summed E-state index contributed by atoms with van der Waals surface area (Å²) in [6.45, 7) is 13.3. The highest BCUT2D eigenvalue weighted by molar-refractivity contribution is 5.21. The number of aromatic nitrogens is 2. The number of hydrogen-bond donors (Lipinski definition) is 1. The van der Waals surface area contributed by atoms with Gasteiger partial charge in [0.2, 0.25) is 0 Å². The lowest BCUT2D eigenvalue weighted by Gasteiger charge is -2.15. The predicted octanol–water partition coefficient (Wildman–Crippen LogP) is 5.83. The van der Waals surface area contributed by atoms with Gasteiger partial charge in [-0.2, -0.15) is 0 Å².